The average Bonchev–Trinajstić information content (AvgIpc) is 2.67. The Kier molecular flexibility index (Phi) is 3.82. The maximum absolute atomic E-state index is 10.1. The van der Waals surface area contributed by atoms with E-state index < -0.39 is 5.60 Å². The van der Waals surface area contributed by atoms with Crippen LogP contribution < -0.4 is 5.73 Å². The van der Waals surface area contributed by atoms with Crippen LogP contribution in [0.2, 0.25) is 0 Å². The number of nitrogens with two attached hydrogens (primary N) is 1. The summed E-state index contributed by atoms with van der Waals surface area (Å²) in [6.07, 6.45) is 1.79. The molecule has 3 heteroatoms. The van der Waals surface area contributed by atoms with Crippen molar-refractivity contribution in [2.45, 2.75) is 31.4 Å². The summed E-state index contributed by atoms with van der Waals surface area (Å²) >= 11 is 0. The summed E-state index contributed by atoms with van der Waals surface area (Å²) in [4.78, 5) is 2.35. The molecule has 2 atom stereocenters. The van der Waals surface area contributed by atoms with Gasteiger partial charge < -0.3 is 10.8 Å². The van der Waals surface area contributed by atoms with Crippen LogP contribution in [0.1, 0.15) is 31.4 Å². The normalized spacial score (nSPS) is 27.2. The summed E-state index contributed by atoms with van der Waals surface area (Å²) in [5.41, 5.74) is 6.47. The quantitative estimate of drug-likeness (QED) is 0.830. The zero-order valence-corrected chi connectivity index (χ0v) is 10.5. The fraction of sp³-hybridized carbons (Fsp3) is 0.571. The summed E-state index contributed by atoms with van der Waals surface area (Å²) in [5.74, 6) is 0. The fourth-order valence-electron chi connectivity index (χ4n) is 2.64. The lowest BCUT2D eigenvalue weighted by atomic mass is 10.0. The first-order valence-corrected chi connectivity index (χ1v) is 6.34. The molecule has 0 aliphatic carbocycles. The zero-order chi connectivity index (χ0) is 12.3. The van der Waals surface area contributed by atoms with Crippen LogP contribution in [0.4, 0.5) is 0 Å². The van der Waals surface area contributed by atoms with Gasteiger partial charge in [0.25, 0.3) is 0 Å². The number of β-amino-alcohol motifs (C(OH)–C–C–N with tert-alkyl or cyclic N) is 1. The van der Waals surface area contributed by atoms with Gasteiger partial charge in [-0.15, -0.1) is 0 Å². The average molecular weight is 234 g/mol. The molecule has 0 saturated carbocycles. The third-order valence-electron chi connectivity index (χ3n) is 3.55. The topological polar surface area (TPSA) is 49.5 Å². The van der Waals surface area contributed by atoms with E-state index in [1.807, 2.05) is 13.0 Å². The van der Waals surface area contributed by atoms with E-state index >= 15 is 0 Å². The third-order valence-corrected chi connectivity index (χ3v) is 3.55. The van der Waals surface area contributed by atoms with Crippen LogP contribution in [0.15, 0.2) is 30.3 Å². The van der Waals surface area contributed by atoms with Gasteiger partial charge >= 0.3 is 0 Å². The molecule has 3 N–H and O–H groups in total. The highest BCUT2D eigenvalue weighted by Gasteiger charge is 2.35. The van der Waals surface area contributed by atoms with Crippen LogP contribution >= 0.6 is 0 Å². The molecule has 3 nitrogen and oxygen atoms in total. The lowest BCUT2D eigenvalue weighted by molar-refractivity contribution is 0.0614. The van der Waals surface area contributed by atoms with E-state index in [0.29, 0.717) is 12.6 Å². The van der Waals surface area contributed by atoms with Gasteiger partial charge in [-0.25, -0.2) is 0 Å². The Hall–Kier alpha value is -0.900. The number of likely N-dealkylation sites (tertiary alicyclic amines) is 1. The van der Waals surface area contributed by atoms with Gasteiger partial charge in [-0.05, 0) is 31.9 Å². The van der Waals surface area contributed by atoms with Crippen molar-refractivity contribution in [2.75, 3.05) is 19.6 Å². The van der Waals surface area contributed by atoms with Crippen molar-refractivity contribution < 1.29 is 5.11 Å². The number of aliphatic hydroxyl groups is 1. The van der Waals surface area contributed by atoms with E-state index in [0.717, 1.165) is 25.9 Å². The molecule has 1 aliphatic heterocycles. The second kappa shape index (κ2) is 5.17. The van der Waals surface area contributed by atoms with Gasteiger partial charge in [-0.3, -0.25) is 4.90 Å². The van der Waals surface area contributed by atoms with Crippen molar-refractivity contribution in [1.82, 2.24) is 4.90 Å². The zero-order valence-electron chi connectivity index (χ0n) is 10.5. The Morgan fingerprint density at radius 1 is 1.41 bits per heavy atom. The number of hydrogen-bond acceptors (Lipinski definition) is 3. The molecule has 1 fully saturated rings. The second-order valence-electron chi connectivity index (χ2n) is 5.22. The van der Waals surface area contributed by atoms with Crippen LogP contribution in [0.3, 0.4) is 0 Å². The highest BCUT2D eigenvalue weighted by molar-refractivity contribution is 5.19. The molecule has 0 bridgehead atoms. The lowest BCUT2D eigenvalue weighted by Crippen LogP contribution is -2.33. The number of benzene rings is 1. The molecule has 0 aromatic heterocycles. The Morgan fingerprint density at radius 3 is 2.65 bits per heavy atom. The van der Waals surface area contributed by atoms with Crippen LogP contribution in [0, 0.1) is 0 Å². The Labute approximate surface area is 103 Å². The third kappa shape index (κ3) is 3.06. The standard InChI is InChI=1S/C14H22N2O/c1-14(17)8-10-16(11-14)13(7-9-15)12-5-3-2-4-6-12/h2-6,13,17H,7-11,15H2,1H3. The van der Waals surface area contributed by atoms with Gasteiger partial charge in [0.1, 0.15) is 0 Å². The number of rotatable bonds is 4. The molecule has 1 heterocycles. The molecule has 0 radical (unpaired) electrons. The maximum Gasteiger partial charge on any atom is 0.0758 e. The van der Waals surface area contributed by atoms with Crippen molar-refractivity contribution >= 4 is 0 Å². The highest BCUT2D eigenvalue weighted by atomic mass is 16.3. The number of hydrogen-bond donors (Lipinski definition) is 2. The Morgan fingerprint density at radius 2 is 2.12 bits per heavy atom. The van der Waals surface area contributed by atoms with E-state index in [1.165, 1.54) is 5.56 Å². The molecule has 0 amide bonds. The minimum Gasteiger partial charge on any atom is -0.389 e. The van der Waals surface area contributed by atoms with Gasteiger partial charge in [0.15, 0.2) is 0 Å². The Balaban J connectivity index is 2.13. The summed E-state index contributed by atoms with van der Waals surface area (Å²) < 4.78 is 0. The minimum atomic E-state index is -0.540. The molecule has 1 aromatic rings. The molecule has 17 heavy (non-hydrogen) atoms. The van der Waals surface area contributed by atoms with Gasteiger partial charge in [0.05, 0.1) is 5.60 Å². The first-order valence-electron chi connectivity index (χ1n) is 6.34. The van der Waals surface area contributed by atoms with Crippen molar-refractivity contribution in [1.29, 1.82) is 0 Å². The van der Waals surface area contributed by atoms with Gasteiger partial charge in [-0.2, -0.15) is 0 Å². The van der Waals surface area contributed by atoms with Gasteiger partial charge in [0.2, 0.25) is 0 Å². The molecular formula is C14H22N2O. The molecule has 1 saturated heterocycles. The largest absolute Gasteiger partial charge is 0.389 e. The van der Waals surface area contributed by atoms with Crippen molar-refractivity contribution in [2.24, 2.45) is 5.73 Å². The number of nitrogens with zero attached hydrogens (tertiary/aromatic N) is 1. The van der Waals surface area contributed by atoms with Crippen LogP contribution in [0.5, 0.6) is 0 Å². The van der Waals surface area contributed by atoms with E-state index in [-0.39, 0.29) is 0 Å². The van der Waals surface area contributed by atoms with Crippen molar-refractivity contribution in [3.05, 3.63) is 35.9 Å². The molecular weight excluding hydrogens is 212 g/mol. The highest BCUT2D eigenvalue weighted by Crippen LogP contribution is 2.31. The first kappa shape index (κ1) is 12.6. The van der Waals surface area contributed by atoms with Gasteiger partial charge in [-0.1, -0.05) is 30.3 Å². The summed E-state index contributed by atoms with van der Waals surface area (Å²) in [5, 5.41) is 10.1. The smallest absolute Gasteiger partial charge is 0.0758 e. The lowest BCUT2D eigenvalue weighted by Gasteiger charge is -2.28. The summed E-state index contributed by atoms with van der Waals surface area (Å²) in [6, 6.07) is 10.8. The summed E-state index contributed by atoms with van der Waals surface area (Å²) in [6.45, 7) is 4.29. The van der Waals surface area contributed by atoms with Crippen LogP contribution in [-0.4, -0.2) is 35.2 Å². The molecule has 2 rings (SSSR count). The molecule has 1 aliphatic rings. The fourth-order valence-corrected chi connectivity index (χ4v) is 2.64. The molecule has 0 spiro atoms. The van der Waals surface area contributed by atoms with E-state index in [2.05, 4.69) is 29.2 Å². The van der Waals surface area contributed by atoms with Crippen molar-refractivity contribution in [3.8, 4) is 0 Å². The predicted octanol–water partition coefficient (Wildman–Crippen LogP) is 1.53. The molecule has 1 aromatic carbocycles. The first-order chi connectivity index (χ1) is 8.12. The maximum atomic E-state index is 10.1. The predicted molar refractivity (Wildman–Crippen MR) is 69.7 cm³/mol. The van der Waals surface area contributed by atoms with Crippen LogP contribution in [0.25, 0.3) is 0 Å². The van der Waals surface area contributed by atoms with E-state index in [9.17, 15) is 5.11 Å². The molecule has 2 unspecified atom stereocenters. The monoisotopic (exact) mass is 234 g/mol. The second-order valence-corrected chi connectivity index (χ2v) is 5.22. The van der Waals surface area contributed by atoms with Gasteiger partial charge in [0, 0.05) is 19.1 Å². The van der Waals surface area contributed by atoms with E-state index in [1.54, 1.807) is 0 Å². The van der Waals surface area contributed by atoms with Crippen molar-refractivity contribution in [3.63, 3.8) is 0 Å². The Bertz CT molecular complexity index is 350. The minimum absolute atomic E-state index is 0.343. The summed E-state index contributed by atoms with van der Waals surface area (Å²) in [7, 11) is 0. The SMILES string of the molecule is CC1(O)CCN(C(CCN)c2ccccc2)C1. The molecule has 94 valence electrons. The van der Waals surface area contributed by atoms with Crippen LogP contribution in [-0.2, 0) is 0 Å². The van der Waals surface area contributed by atoms with E-state index in [4.69, 9.17) is 5.73 Å².